The van der Waals surface area contributed by atoms with Crippen LogP contribution in [0.4, 0.5) is 17.5 Å². The molecule has 1 aromatic heterocycles. The van der Waals surface area contributed by atoms with Gasteiger partial charge in [-0.15, -0.1) is 0 Å². The first-order valence-electron chi connectivity index (χ1n) is 13.3. The molecule has 0 atom stereocenters. The van der Waals surface area contributed by atoms with E-state index in [0.717, 1.165) is 23.6 Å². The Kier molecular flexibility index (Phi) is 13.1. The van der Waals surface area contributed by atoms with Gasteiger partial charge in [-0.05, 0) is 50.7 Å². The number of likely N-dealkylation sites (N-methyl/N-ethyl adjacent to an activating group) is 2. The van der Waals surface area contributed by atoms with E-state index in [2.05, 4.69) is 52.3 Å². The van der Waals surface area contributed by atoms with Crippen LogP contribution >= 0.6 is 0 Å². The van der Waals surface area contributed by atoms with Gasteiger partial charge in [0.25, 0.3) is 0 Å². The van der Waals surface area contributed by atoms with Crippen molar-refractivity contribution in [1.82, 2.24) is 25.1 Å². The van der Waals surface area contributed by atoms with Crippen molar-refractivity contribution in [2.45, 2.75) is 26.7 Å². The SMILES string of the molecule is CC(C)CN(C)c1nc(Nc2ccc(C#N)cc2)ncc1C#CCCCNC(=O)CN(C)C(=O)/C=C/CN(C)C. The van der Waals surface area contributed by atoms with E-state index in [0.29, 0.717) is 43.4 Å². The summed E-state index contributed by atoms with van der Waals surface area (Å²) in [6.45, 7) is 6.22. The number of aromatic nitrogens is 2. The molecule has 0 radical (unpaired) electrons. The summed E-state index contributed by atoms with van der Waals surface area (Å²) in [6.07, 6.45) is 6.22. The van der Waals surface area contributed by atoms with Crippen molar-refractivity contribution in [3.8, 4) is 17.9 Å². The number of nitrogens with zero attached hydrogens (tertiary/aromatic N) is 6. The molecule has 0 aliphatic rings. The Morgan fingerprint density at radius 1 is 1.12 bits per heavy atom. The van der Waals surface area contributed by atoms with Crippen molar-refractivity contribution in [2.24, 2.45) is 5.92 Å². The molecule has 10 nitrogen and oxygen atoms in total. The van der Waals surface area contributed by atoms with Gasteiger partial charge in [-0.1, -0.05) is 31.8 Å². The van der Waals surface area contributed by atoms with Gasteiger partial charge in [0, 0.05) is 51.9 Å². The molecular formula is C30H40N8O2. The van der Waals surface area contributed by atoms with Gasteiger partial charge >= 0.3 is 0 Å². The molecule has 2 amide bonds. The van der Waals surface area contributed by atoms with E-state index in [1.54, 1.807) is 31.5 Å². The summed E-state index contributed by atoms with van der Waals surface area (Å²) >= 11 is 0. The van der Waals surface area contributed by atoms with E-state index in [9.17, 15) is 9.59 Å². The molecule has 2 aromatic rings. The minimum atomic E-state index is -0.207. The molecule has 0 saturated carbocycles. The molecule has 1 heterocycles. The summed E-state index contributed by atoms with van der Waals surface area (Å²) in [6, 6.07) is 9.20. The maximum atomic E-state index is 12.2. The first-order valence-corrected chi connectivity index (χ1v) is 13.3. The topological polar surface area (TPSA) is 117 Å². The van der Waals surface area contributed by atoms with Crippen LogP contribution in [-0.4, -0.2) is 86.0 Å². The van der Waals surface area contributed by atoms with E-state index >= 15 is 0 Å². The first kappa shape index (κ1) is 31.8. The molecule has 0 bridgehead atoms. The van der Waals surface area contributed by atoms with E-state index in [1.165, 1.54) is 11.0 Å². The monoisotopic (exact) mass is 544 g/mol. The summed E-state index contributed by atoms with van der Waals surface area (Å²) < 4.78 is 0. The van der Waals surface area contributed by atoms with Gasteiger partial charge in [-0.2, -0.15) is 10.2 Å². The molecule has 0 aliphatic carbocycles. The van der Waals surface area contributed by atoms with Gasteiger partial charge in [-0.3, -0.25) is 9.59 Å². The van der Waals surface area contributed by atoms with Gasteiger partial charge in [-0.25, -0.2) is 4.98 Å². The third kappa shape index (κ3) is 11.5. The van der Waals surface area contributed by atoms with Crippen molar-refractivity contribution in [1.29, 1.82) is 5.26 Å². The van der Waals surface area contributed by atoms with Crippen molar-refractivity contribution < 1.29 is 9.59 Å². The average Bonchev–Trinajstić information content (AvgIpc) is 2.90. The molecule has 2 N–H and O–H groups in total. The molecule has 0 spiro atoms. The van der Waals surface area contributed by atoms with Crippen molar-refractivity contribution >= 4 is 29.3 Å². The summed E-state index contributed by atoms with van der Waals surface area (Å²) in [5, 5.41) is 15.0. The molecule has 0 fully saturated rings. The highest BCUT2D eigenvalue weighted by Crippen LogP contribution is 2.21. The zero-order valence-electron chi connectivity index (χ0n) is 24.4. The predicted octanol–water partition coefficient (Wildman–Crippen LogP) is 3.01. The second-order valence-electron chi connectivity index (χ2n) is 10.1. The Morgan fingerprint density at radius 3 is 2.50 bits per heavy atom. The number of hydrogen-bond donors (Lipinski definition) is 2. The second kappa shape index (κ2) is 16.5. The zero-order valence-corrected chi connectivity index (χ0v) is 24.4. The summed E-state index contributed by atoms with van der Waals surface area (Å²) in [5.41, 5.74) is 2.09. The van der Waals surface area contributed by atoms with Gasteiger partial charge < -0.3 is 25.3 Å². The standard InChI is InChI=1S/C30H40N8O2/c1-23(2)21-38(6)29-25(20-33-30(35-29)34-26-15-13-24(19-31)14-16-26)11-8-7-9-17-32-27(39)22-37(5)28(40)12-10-18-36(3)4/h10,12-16,20,23H,7,9,17-18,21-22H2,1-6H3,(H,32,39)(H,33,34,35)/b12-10+. The number of hydrogen-bond acceptors (Lipinski definition) is 8. The fourth-order valence-electron chi connectivity index (χ4n) is 3.61. The highest BCUT2D eigenvalue weighted by Gasteiger charge is 2.13. The minimum absolute atomic E-state index is 0.00253. The molecule has 10 heteroatoms. The highest BCUT2D eigenvalue weighted by atomic mass is 16.2. The molecule has 0 aliphatic heterocycles. The number of nitriles is 1. The molecule has 0 unspecified atom stereocenters. The molecule has 0 saturated heterocycles. The molecule has 2 rings (SSSR count). The van der Waals surface area contributed by atoms with Crippen LogP contribution in [0, 0.1) is 29.1 Å². The Hall–Kier alpha value is -4.41. The number of carbonyl (C=O) groups excluding carboxylic acids is 2. The predicted molar refractivity (Wildman–Crippen MR) is 159 cm³/mol. The second-order valence-corrected chi connectivity index (χ2v) is 10.1. The van der Waals surface area contributed by atoms with Crippen LogP contribution in [0.15, 0.2) is 42.6 Å². The van der Waals surface area contributed by atoms with Crippen molar-refractivity contribution in [2.75, 3.05) is 64.6 Å². The van der Waals surface area contributed by atoms with Crippen molar-refractivity contribution in [3.63, 3.8) is 0 Å². The number of nitrogens with one attached hydrogen (secondary N) is 2. The summed E-state index contributed by atoms with van der Waals surface area (Å²) in [4.78, 5) is 38.8. The average molecular weight is 545 g/mol. The lowest BCUT2D eigenvalue weighted by molar-refractivity contribution is -0.131. The lowest BCUT2D eigenvalue weighted by Gasteiger charge is -2.22. The third-order valence-corrected chi connectivity index (χ3v) is 5.55. The Bertz CT molecular complexity index is 1250. The Morgan fingerprint density at radius 2 is 1.85 bits per heavy atom. The smallest absolute Gasteiger partial charge is 0.246 e. The number of unbranched alkanes of at least 4 members (excludes halogenated alkanes) is 1. The van der Waals surface area contributed by atoms with Gasteiger partial charge in [0.1, 0.15) is 5.82 Å². The zero-order chi connectivity index (χ0) is 29.5. The van der Waals surface area contributed by atoms with Crippen LogP contribution in [0.25, 0.3) is 0 Å². The fourth-order valence-corrected chi connectivity index (χ4v) is 3.61. The van der Waals surface area contributed by atoms with Crippen LogP contribution in [-0.2, 0) is 9.59 Å². The van der Waals surface area contributed by atoms with Crippen LogP contribution in [0.2, 0.25) is 0 Å². The lowest BCUT2D eigenvalue weighted by atomic mass is 10.2. The molecule has 40 heavy (non-hydrogen) atoms. The van der Waals surface area contributed by atoms with Crippen molar-refractivity contribution in [3.05, 3.63) is 53.7 Å². The van der Waals surface area contributed by atoms with Crippen LogP contribution < -0.4 is 15.5 Å². The summed E-state index contributed by atoms with van der Waals surface area (Å²) in [5.74, 6) is 7.53. The summed E-state index contributed by atoms with van der Waals surface area (Å²) in [7, 11) is 7.42. The minimum Gasteiger partial charge on any atom is -0.358 e. The quantitative estimate of drug-likeness (QED) is 0.225. The maximum absolute atomic E-state index is 12.2. The number of benzene rings is 1. The van der Waals surface area contributed by atoms with Crippen LogP contribution in [0.3, 0.4) is 0 Å². The number of anilines is 3. The third-order valence-electron chi connectivity index (χ3n) is 5.55. The van der Waals surface area contributed by atoms with E-state index in [-0.39, 0.29) is 18.4 Å². The van der Waals surface area contributed by atoms with E-state index in [4.69, 9.17) is 10.2 Å². The van der Waals surface area contributed by atoms with E-state index < -0.39 is 0 Å². The normalized spacial score (nSPS) is 10.7. The van der Waals surface area contributed by atoms with Crippen LogP contribution in [0.5, 0.6) is 0 Å². The maximum Gasteiger partial charge on any atom is 0.246 e. The van der Waals surface area contributed by atoms with Gasteiger partial charge in [0.2, 0.25) is 17.8 Å². The number of amides is 2. The van der Waals surface area contributed by atoms with Crippen LogP contribution in [0.1, 0.15) is 37.8 Å². The molecule has 212 valence electrons. The molecule has 1 aromatic carbocycles. The first-order chi connectivity index (χ1) is 19.1. The Labute approximate surface area is 238 Å². The van der Waals surface area contributed by atoms with Gasteiger partial charge in [0.05, 0.1) is 29.9 Å². The Balaban J connectivity index is 1.93. The fraction of sp³-hybridized carbons (Fsp3) is 0.433. The number of carbonyl (C=O) groups is 2. The largest absolute Gasteiger partial charge is 0.358 e. The lowest BCUT2D eigenvalue weighted by Crippen LogP contribution is -2.38. The highest BCUT2D eigenvalue weighted by molar-refractivity contribution is 5.91. The van der Waals surface area contributed by atoms with E-state index in [1.807, 2.05) is 38.2 Å². The molecular weight excluding hydrogens is 504 g/mol. The number of rotatable bonds is 13. The van der Waals surface area contributed by atoms with Gasteiger partial charge in [0.15, 0.2) is 0 Å².